The number of aryl methyl sites for hydroxylation is 1. The minimum Gasteiger partial charge on any atom is -0.399 e. The summed E-state index contributed by atoms with van der Waals surface area (Å²) in [5.41, 5.74) is 15.3. The summed E-state index contributed by atoms with van der Waals surface area (Å²) in [6.45, 7) is 2.76. The van der Waals surface area contributed by atoms with Gasteiger partial charge >= 0.3 is 0 Å². The first-order chi connectivity index (χ1) is 9.47. The predicted octanol–water partition coefficient (Wildman–Crippen LogP) is 2.31. The molecule has 2 aromatic carbocycles. The van der Waals surface area contributed by atoms with Crippen LogP contribution in [0.1, 0.15) is 21.5 Å². The number of carbonyl (C=O) groups excluding carboxylic acids is 1. The number of primary amides is 1. The number of hydrogen-bond donors (Lipinski definition) is 2. The normalized spacial score (nSPS) is 10.3. The van der Waals surface area contributed by atoms with Crippen LogP contribution in [0.5, 0.6) is 0 Å². The van der Waals surface area contributed by atoms with E-state index in [4.69, 9.17) is 11.5 Å². The maximum atomic E-state index is 11.5. The van der Waals surface area contributed by atoms with Crippen molar-refractivity contribution in [1.29, 1.82) is 0 Å². The summed E-state index contributed by atoms with van der Waals surface area (Å²) in [5.74, 6) is -0.469. The van der Waals surface area contributed by atoms with Gasteiger partial charge in [-0.3, -0.25) is 4.79 Å². The molecule has 1 amide bonds. The first kappa shape index (κ1) is 13.9. The van der Waals surface area contributed by atoms with Gasteiger partial charge in [0.25, 0.3) is 5.91 Å². The lowest BCUT2D eigenvalue weighted by Gasteiger charge is -2.22. The molecule has 4 N–H and O–H groups in total. The zero-order chi connectivity index (χ0) is 14.7. The van der Waals surface area contributed by atoms with Crippen LogP contribution in [0.25, 0.3) is 0 Å². The summed E-state index contributed by atoms with van der Waals surface area (Å²) in [4.78, 5) is 13.5. The molecule has 0 aliphatic carbocycles. The highest BCUT2D eigenvalue weighted by Crippen LogP contribution is 2.23. The molecule has 0 aliphatic rings. The minimum absolute atomic E-state index is 0.445. The van der Waals surface area contributed by atoms with E-state index in [9.17, 15) is 4.79 Å². The van der Waals surface area contributed by atoms with E-state index >= 15 is 0 Å². The summed E-state index contributed by atoms with van der Waals surface area (Å²) in [5, 5.41) is 0. The Hall–Kier alpha value is -2.49. The van der Waals surface area contributed by atoms with E-state index in [1.165, 1.54) is 11.1 Å². The first-order valence-corrected chi connectivity index (χ1v) is 6.43. The average Bonchev–Trinajstić information content (AvgIpc) is 2.38. The molecule has 0 aliphatic heterocycles. The quantitative estimate of drug-likeness (QED) is 0.837. The Kier molecular flexibility index (Phi) is 3.94. The Labute approximate surface area is 119 Å². The van der Waals surface area contributed by atoms with E-state index < -0.39 is 5.91 Å². The van der Waals surface area contributed by atoms with Crippen molar-refractivity contribution in [3.05, 3.63) is 59.2 Å². The van der Waals surface area contributed by atoms with Crippen molar-refractivity contribution >= 4 is 17.3 Å². The zero-order valence-electron chi connectivity index (χ0n) is 11.8. The van der Waals surface area contributed by atoms with Crippen molar-refractivity contribution in [1.82, 2.24) is 0 Å². The Balaban J connectivity index is 2.29. The lowest BCUT2D eigenvalue weighted by molar-refractivity contribution is 0.100. The fourth-order valence-electron chi connectivity index (χ4n) is 2.25. The molecule has 0 fully saturated rings. The van der Waals surface area contributed by atoms with Gasteiger partial charge in [0.1, 0.15) is 0 Å². The van der Waals surface area contributed by atoms with E-state index in [-0.39, 0.29) is 0 Å². The summed E-state index contributed by atoms with van der Waals surface area (Å²) < 4.78 is 0. The molecular formula is C16H19N3O. The largest absolute Gasteiger partial charge is 0.399 e. The number of nitrogens with two attached hydrogens (primary N) is 2. The number of carbonyl (C=O) groups is 1. The minimum atomic E-state index is -0.469. The summed E-state index contributed by atoms with van der Waals surface area (Å²) in [6, 6.07) is 13.5. The molecule has 0 heterocycles. The molecular weight excluding hydrogens is 250 g/mol. The van der Waals surface area contributed by atoms with Crippen LogP contribution < -0.4 is 16.4 Å². The Morgan fingerprint density at radius 3 is 2.60 bits per heavy atom. The smallest absolute Gasteiger partial charge is 0.250 e. The average molecular weight is 269 g/mol. The fraction of sp³-hybridized carbons (Fsp3) is 0.188. The Morgan fingerprint density at radius 2 is 1.95 bits per heavy atom. The lowest BCUT2D eigenvalue weighted by Crippen LogP contribution is -2.22. The van der Waals surface area contributed by atoms with Crippen molar-refractivity contribution in [2.75, 3.05) is 17.7 Å². The van der Waals surface area contributed by atoms with Gasteiger partial charge in [-0.25, -0.2) is 0 Å². The maximum absolute atomic E-state index is 11.5. The number of hydrogen-bond acceptors (Lipinski definition) is 3. The van der Waals surface area contributed by atoms with Gasteiger partial charge in [-0.2, -0.15) is 0 Å². The van der Waals surface area contributed by atoms with Crippen molar-refractivity contribution in [2.24, 2.45) is 5.73 Å². The number of nitrogen functional groups attached to an aromatic ring is 1. The van der Waals surface area contributed by atoms with Crippen LogP contribution in [-0.4, -0.2) is 13.0 Å². The second-order valence-corrected chi connectivity index (χ2v) is 4.99. The highest BCUT2D eigenvalue weighted by molar-refractivity contribution is 5.99. The second kappa shape index (κ2) is 5.65. The summed E-state index contributed by atoms with van der Waals surface area (Å²) in [7, 11) is 1.93. The van der Waals surface area contributed by atoms with Gasteiger partial charge in [0.2, 0.25) is 0 Å². The molecule has 0 aromatic heterocycles. The van der Waals surface area contributed by atoms with Crippen molar-refractivity contribution < 1.29 is 4.79 Å². The second-order valence-electron chi connectivity index (χ2n) is 4.99. The molecule has 20 heavy (non-hydrogen) atoms. The number of rotatable bonds is 4. The number of nitrogens with zero attached hydrogens (tertiary/aromatic N) is 1. The number of amides is 1. The Morgan fingerprint density at radius 1 is 1.20 bits per heavy atom. The third-order valence-electron chi connectivity index (χ3n) is 3.20. The molecule has 2 rings (SSSR count). The standard InChI is InChI=1S/C16H19N3O/c1-11-4-3-5-12(8-11)10-19(2)15-7-6-13(17)9-14(15)16(18)20/h3-9H,10,17H2,1-2H3,(H2,18,20). The third kappa shape index (κ3) is 3.09. The zero-order valence-corrected chi connectivity index (χ0v) is 11.8. The fourth-order valence-corrected chi connectivity index (χ4v) is 2.25. The van der Waals surface area contributed by atoms with E-state index in [0.29, 0.717) is 17.8 Å². The van der Waals surface area contributed by atoms with Crippen molar-refractivity contribution in [2.45, 2.75) is 13.5 Å². The van der Waals surface area contributed by atoms with Crippen molar-refractivity contribution in [3.63, 3.8) is 0 Å². The van der Waals surface area contributed by atoms with E-state index in [1.807, 2.05) is 24.1 Å². The maximum Gasteiger partial charge on any atom is 0.250 e. The van der Waals surface area contributed by atoms with Gasteiger partial charge in [-0.1, -0.05) is 29.8 Å². The van der Waals surface area contributed by atoms with Crippen LogP contribution in [0.15, 0.2) is 42.5 Å². The van der Waals surface area contributed by atoms with Crippen LogP contribution in [0, 0.1) is 6.92 Å². The predicted molar refractivity (Wildman–Crippen MR) is 82.7 cm³/mol. The summed E-state index contributed by atoms with van der Waals surface area (Å²) in [6.07, 6.45) is 0. The summed E-state index contributed by atoms with van der Waals surface area (Å²) >= 11 is 0. The van der Waals surface area contributed by atoms with E-state index in [2.05, 4.69) is 25.1 Å². The number of anilines is 2. The molecule has 0 saturated heterocycles. The van der Waals surface area contributed by atoms with E-state index in [1.54, 1.807) is 12.1 Å². The van der Waals surface area contributed by atoms with Crippen LogP contribution in [0.3, 0.4) is 0 Å². The van der Waals surface area contributed by atoms with Crippen LogP contribution in [0.4, 0.5) is 11.4 Å². The van der Waals surface area contributed by atoms with Gasteiger partial charge < -0.3 is 16.4 Å². The van der Waals surface area contributed by atoms with Crippen LogP contribution >= 0.6 is 0 Å². The molecule has 104 valence electrons. The molecule has 0 spiro atoms. The van der Waals surface area contributed by atoms with E-state index in [0.717, 1.165) is 5.69 Å². The molecule has 0 saturated carbocycles. The first-order valence-electron chi connectivity index (χ1n) is 6.43. The van der Waals surface area contributed by atoms with Gasteiger partial charge in [-0.15, -0.1) is 0 Å². The van der Waals surface area contributed by atoms with Gasteiger partial charge in [-0.05, 0) is 30.7 Å². The van der Waals surface area contributed by atoms with Crippen LogP contribution in [0.2, 0.25) is 0 Å². The molecule has 0 bridgehead atoms. The van der Waals surface area contributed by atoms with Crippen molar-refractivity contribution in [3.8, 4) is 0 Å². The van der Waals surface area contributed by atoms with Gasteiger partial charge in [0.15, 0.2) is 0 Å². The lowest BCUT2D eigenvalue weighted by atomic mass is 10.1. The molecule has 2 aromatic rings. The third-order valence-corrected chi connectivity index (χ3v) is 3.20. The topological polar surface area (TPSA) is 72.3 Å². The van der Waals surface area contributed by atoms with Gasteiger partial charge in [0.05, 0.1) is 5.56 Å². The molecule has 4 nitrogen and oxygen atoms in total. The highest BCUT2D eigenvalue weighted by Gasteiger charge is 2.12. The van der Waals surface area contributed by atoms with Crippen LogP contribution in [-0.2, 0) is 6.54 Å². The number of benzene rings is 2. The molecule has 0 atom stereocenters. The highest BCUT2D eigenvalue weighted by atomic mass is 16.1. The SMILES string of the molecule is Cc1cccc(CN(C)c2ccc(N)cc2C(N)=O)c1. The van der Waals surface area contributed by atoms with Gasteiger partial charge in [0, 0.05) is 25.0 Å². The Bertz CT molecular complexity index is 637. The molecule has 0 radical (unpaired) electrons. The molecule has 0 unspecified atom stereocenters. The monoisotopic (exact) mass is 269 g/mol. The molecule has 4 heteroatoms.